The summed E-state index contributed by atoms with van der Waals surface area (Å²) < 4.78 is 27.0. The van der Waals surface area contributed by atoms with Gasteiger partial charge in [0.05, 0.1) is 0 Å². The van der Waals surface area contributed by atoms with Crippen LogP contribution in [0.3, 0.4) is 0 Å². The third kappa shape index (κ3) is 17.5. The van der Waals surface area contributed by atoms with E-state index in [-0.39, 0.29) is 25.4 Å². The number of nitrogens with one attached hydrogen (secondary N) is 1. The van der Waals surface area contributed by atoms with Crippen molar-refractivity contribution in [3.8, 4) is 0 Å². The summed E-state index contributed by atoms with van der Waals surface area (Å²) in [7, 11) is 0. The van der Waals surface area contributed by atoms with E-state index in [4.69, 9.17) is 28.8 Å². The summed E-state index contributed by atoms with van der Waals surface area (Å²) >= 11 is 0. The highest BCUT2D eigenvalue weighted by Gasteiger charge is 2.52. The summed E-state index contributed by atoms with van der Waals surface area (Å²) in [6, 6.07) is 0. The summed E-state index contributed by atoms with van der Waals surface area (Å²) in [6.07, 6.45) is 6.19. The van der Waals surface area contributed by atoms with Gasteiger partial charge < -0.3 is 34.1 Å². The van der Waals surface area contributed by atoms with Crippen LogP contribution in [0.2, 0.25) is 0 Å². The van der Waals surface area contributed by atoms with Gasteiger partial charge in [0.15, 0.2) is 24.5 Å². The molecule has 13 heteroatoms. The number of carbonyl (C=O) groups excluding carboxylic acids is 5. The maximum Gasteiger partial charge on any atom is 0.303 e. The highest BCUT2D eigenvalue weighted by atomic mass is 16.7. The maximum absolute atomic E-state index is 12.8. The van der Waals surface area contributed by atoms with Gasteiger partial charge in [0.1, 0.15) is 12.7 Å². The fourth-order valence-corrected chi connectivity index (χ4v) is 4.90. The van der Waals surface area contributed by atoms with Crippen molar-refractivity contribution in [2.45, 2.75) is 148 Å². The molecule has 0 aromatic heterocycles. The number of unbranched alkanes of at least 4 members (excludes halogenated alkanes) is 11. The second kappa shape index (κ2) is 21.5. The Kier molecular flexibility index (Phi) is 18.9. The standard InChI is InChI=1S/C30H49NO12/c1-20(32)39-19-24-27(40-21(2)33)28(41-22(3)34)29(42-23(4)35)30(43-24)31-25(36)17-15-13-11-9-7-5-6-8-10-12-14-16-18-26(37)38/h24,27-30H,5-19H2,1-4H3,(H,31,36)(H,37,38)/t24-,27-,28+,29-,30?/m1/s1. The van der Waals surface area contributed by atoms with Gasteiger partial charge in [-0.25, -0.2) is 0 Å². The number of rotatable bonds is 21. The van der Waals surface area contributed by atoms with Crippen LogP contribution in [0.5, 0.6) is 0 Å². The third-order valence-electron chi connectivity index (χ3n) is 6.84. The van der Waals surface area contributed by atoms with E-state index >= 15 is 0 Å². The Labute approximate surface area is 253 Å². The molecule has 1 heterocycles. The molecule has 2 N–H and O–H groups in total. The maximum atomic E-state index is 12.8. The normalized spacial score (nSPS) is 21.3. The summed E-state index contributed by atoms with van der Waals surface area (Å²) in [5, 5.41) is 11.3. The Morgan fingerprint density at radius 3 is 1.44 bits per heavy atom. The number of carboxylic acids is 1. The molecule has 0 aromatic rings. The molecule has 0 aliphatic carbocycles. The van der Waals surface area contributed by atoms with E-state index < -0.39 is 60.5 Å². The van der Waals surface area contributed by atoms with Gasteiger partial charge in [-0.1, -0.05) is 64.2 Å². The number of amides is 1. The molecule has 1 saturated heterocycles. The van der Waals surface area contributed by atoms with Crippen LogP contribution in [0, 0.1) is 0 Å². The fraction of sp³-hybridized carbons (Fsp3) is 0.800. The van der Waals surface area contributed by atoms with E-state index in [2.05, 4.69) is 5.32 Å². The minimum atomic E-state index is -1.33. The van der Waals surface area contributed by atoms with Gasteiger partial charge in [-0.05, 0) is 12.8 Å². The zero-order valence-corrected chi connectivity index (χ0v) is 25.9. The summed E-state index contributed by atoms with van der Waals surface area (Å²) in [6.45, 7) is 4.23. The van der Waals surface area contributed by atoms with E-state index in [0.29, 0.717) is 6.42 Å². The number of esters is 4. The quantitative estimate of drug-likeness (QED) is 0.109. The number of hydrogen-bond acceptors (Lipinski definition) is 11. The molecule has 0 aromatic carbocycles. The van der Waals surface area contributed by atoms with Gasteiger partial charge in [-0.2, -0.15) is 0 Å². The van der Waals surface area contributed by atoms with Gasteiger partial charge >= 0.3 is 29.8 Å². The van der Waals surface area contributed by atoms with Crippen molar-refractivity contribution in [3.05, 3.63) is 0 Å². The highest BCUT2D eigenvalue weighted by Crippen LogP contribution is 2.28. The van der Waals surface area contributed by atoms with E-state index in [9.17, 15) is 28.8 Å². The number of carbonyl (C=O) groups is 6. The van der Waals surface area contributed by atoms with Gasteiger partial charge in [0.25, 0.3) is 0 Å². The lowest BCUT2D eigenvalue weighted by Gasteiger charge is -2.44. The largest absolute Gasteiger partial charge is 0.481 e. The molecule has 0 spiro atoms. The molecular weight excluding hydrogens is 566 g/mol. The topological polar surface area (TPSA) is 181 Å². The molecular formula is C30H49NO12. The molecule has 13 nitrogen and oxygen atoms in total. The Morgan fingerprint density at radius 2 is 1.00 bits per heavy atom. The average molecular weight is 616 g/mol. The lowest BCUT2D eigenvalue weighted by molar-refractivity contribution is -0.257. The van der Waals surface area contributed by atoms with Crippen molar-refractivity contribution in [2.24, 2.45) is 0 Å². The zero-order valence-electron chi connectivity index (χ0n) is 25.9. The lowest BCUT2D eigenvalue weighted by atomic mass is 9.97. The molecule has 1 aliphatic heterocycles. The molecule has 1 rings (SSSR count). The van der Waals surface area contributed by atoms with Crippen LogP contribution < -0.4 is 5.32 Å². The summed E-state index contributed by atoms with van der Waals surface area (Å²) in [5.41, 5.74) is 0. The van der Waals surface area contributed by atoms with Crippen LogP contribution in [-0.2, 0) is 52.5 Å². The fourth-order valence-electron chi connectivity index (χ4n) is 4.90. The van der Waals surface area contributed by atoms with E-state index in [0.717, 1.165) is 91.4 Å². The molecule has 1 aliphatic rings. The Morgan fingerprint density at radius 1 is 0.581 bits per heavy atom. The first-order valence-corrected chi connectivity index (χ1v) is 15.2. The second-order valence-corrected chi connectivity index (χ2v) is 10.8. The summed E-state index contributed by atoms with van der Waals surface area (Å²) in [5.74, 6) is -3.94. The van der Waals surface area contributed by atoms with Crippen molar-refractivity contribution in [2.75, 3.05) is 6.61 Å². The van der Waals surface area contributed by atoms with Crippen LogP contribution in [0.15, 0.2) is 0 Å². The Hall–Kier alpha value is -3.22. The van der Waals surface area contributed by atoms with Crippen LogP contribution >= 0.6 is 0 Å². The molecule has 0 saturated carbocycles. The first kappa shape index (κ1) is 37.8. The monoisotopic (exact) mass is 615 g/mol. The number of hydrogen-bond donors (Lipinski definition) is 2. The van der Waals surface area contributed by atoms with Gasteiger partial charge in [-0.15, -0.1) is 0 Å². The first-order valence-electron chi connectivity index (χ1n) is 15.2. The zero-order chi connectivity index (χ0) is 32.2. The number of ether oxygens (including phenoxy) is 5. The van der Waals surface area contributed by atoms with Crippen molar-refractivity contribution < 1.29 is 57.6 Å². The van der Waals surface area contributed by atoms with E-state index in [1.165, 1.54) is 6.92 Å². The van der Waals surface area contributed by atoms with Crippen molar-refractivity contribution >= 4 is 35.8 Å². The molecule has 1 amide bonds. The molecule has 246 valence electrons. The molecule has 0 radical (unpaired) electrons. The Balaban J connectivity index is 2.56. The van der Waals surface area contributed by atoms with Crippen LogP contribution in [0.4, 0.5) is 0 Å². The van der Waals surface area contributed by atoms with Crippen LogP contribution in [-0.4, -0.2) is 78.1 Å². The van der Waals surface area contributed by atoms with Gasteiger partial charge in [0, 0.05) is 40.5 Å². The average Bonchev–Trinajstić information content (AvgIpc) is 2.90. The van der Waals surface area contributed by atoms with Crippen molar-refractivity contribution in [3.63, 3.8) is 0 Å². The predicted molar refractivity (Wildman–Crippen MR) is 152 cm³/mol. The molecule has 43 heavy (non-hydrogen) atoms. The lowest BCUT2D eigenvalue weighted by Crippen LogP contribution is -2.66. The van der Waals surface area contributed by atoms with Gasteiger partial charge in [0.2, 0.25) is 5.91 Å². The minimum Gasteiger partial charge on any atom is -0.481 e. The number of aliphatic carboxylic acids is 1. The highest BCUT2D eigenvalue weighted by molar-refractivity contribution is 5.76. The first-order chi connectivity index (χ1) is 20.4. The summed E-state index contributed by atoms with van der Waals surface area (Å²) in [4.78, 5) is 70.4. The number of carboxylic acid groups (broad SMARTS) is 1. The van der Waals surface area contributed by atoms with Crippen molar-refractivity contribution in [1.82, 2.24) is 5.32 Å². The van der Waals surface area contributed by atoms with Crippen LogP contribution in [0.1, 0.15) is 118 Å². The minimum absolute atomic E-state index is 0.189. The molecule has 1 unspecified atom stereocenters. The Bertz CT molecular complexity index is 908. The molecule has 5 atom stereocenters. The van der Waals surface area contributed by atoms with Crippen molar-refractivity contribution in [1.29, 1.82) is 0 Å². The van der Waals surface area contributed by atoms with Gasteiger partial charge in [-0.3, -0.25) is 28.8 Å². The second-order valence-electron chi connectivity index (χ2n) is 10.8. The van der Waals surface area contributed by atoms with Crippen LogP contribution in [0.25, 0.3) is 0 Å². The smallest absolute Gasteiger partial charge is 0.303 e. The third-order valence-corrected chi connectivity index (χ3v) is 6.84. The van der Waals surface area contributed by atoms with E-state index in [1.54, 1.807) is 0 Å². The molecule has 1 fully saturated rings. The predicted octanol–water partition coefficient (Wildman–Crippen LogP) is 3.73. The SMILES string of the molecule is CC(=O)OC[C@H]1OC(NC(=O)CCCCCCCCCCCCCCC(=O)O)[C@H](OC(C)=O)[C@@H](OC(C)=O)[C@@H]1OC(C)=O. The molecule has 0 bridgehead atoms. The van der Waals surface area contributed by atoms with E-state index in [1.807, 2.05) is 0 Å².